The lowest BCUT2D eigenvalue weighted by atomic mass is 10.1. The molecule has 18 heavy (non-hydrogen) atoms. The molecule has 0 radical (unpaired) electrons. The molecule has 1 saturated heterocycles. The first-order valence-corrected chi connectivity index (χ1v) is 6.07. The van der Waals surface area contributed by atoms with Crippen molar-refractivity contribution in [3.8, 4) is 0 Å². The number of halogens is 1. The quantitative estimate of drug-likeness (QED) is 0.742. The molecule has 6 heteroatoms. The number of nitrogen functional groups attached to an aromatic ring is 1. The number of hydrogen-bond acceptors (Lipinski definition) is 3. The molecule has 1 aliphatic rings. The number of nitrogens with zero attached hydrogens (tertiary/aromatic N) is 1. The first kappa shape index (κ1) is 12.7. The second kappa shape index (κ2) is 5.27. The Morgan fingerprint density at radius 2 is 2.22 bits per heavy atom. The van der Waals surface area contributed by atoms with Crippen LogP contribution >= 0.6 is 11.6 Å². The van der Waals surface area contributed by atoms with Gasteiger partial charge in [0.15, 0.2) is 0 Å². The van der Waals surface area contributed by atoms with Gasteiger partial charge in [0.05, 0.1) is 17.1 Å². The standard InChI is InChI=1S/C12H14ClN3O2/c13-10-6-8(14)2-3-9(10)12(18)16-5-1-4-15-11(17)7-16/h2-3,6H,1,4-5,7,14H2,(H,15,17). The van der Waals surface area contributed by atoms with E-state index in [2.05, 4.69) is 5.32 Å². The molecule has 0 spiro atoms. The average Bonchev–Trinajstić information content (AvgIpc) is 2.53. The molecule has 2 amide bonds. The highest BCUT2D eigenvalue weighted by Crippen LogP contribution is 2.21. The van der Waals surface area contributed by atoms with Crippen LogP contribution < -0.4 is 11.1 Å². The van der Waals surface area contributed by atoms with E-state index in [0.717, 1.165) is 6.42 Å². The van der Waals surface area contributed by atoms with Crippen LogP contribution in [0.2, 0.25) is 5.02 Å². The second-order valence-electron chi connectivity index (χ2n) is 4.17. The van der Waals surface area contributed by atoms with Crippen LogP contribution in [0, 0.1) is 0 Å². The normalized spacial score (nSPS) is 16.1. The summed E-state index contributed by atoms with van der Waals surface area (Å²) in [4.78, 5) is 25.2. The number of nitrogens with two attached hydrogens (primary N) is 1. The lowest BCUT2D eigenvalue weighted by Gasteiger charge is -2.19. The number of nitrogens with one attached hydrogen (secondary N) is 1. The largest absolute Gasteiger partial charge is 0.399 e. The van der Waals surface area contributed by atoms with E-state index in [0.29, 0.717) is 29.4 Å². The predicted octanol–water partition coefficient (Wildman–Crippen LogP) is 0.884. The van der Waals surface area contributed by atoms with E-state index >= 15 is 0 Å². The molecule has 0 bridgehead atoms. The molecule has 0 saturated carbocycles. The maximum absolute atomic E-state index is 12.3. The zero-order chi connectivity index (χ0) is 13.1. The Bertz CT molecular complexity index is 490. The maximum Gasteiger partial charge on any atom is 0.255 e. The molecule has 1 aromatic carbocycles. The van der Waals surface area contributed by atoms with Crippen molar-refractivity contribution in [1.82, 2.24) is 10.2 Å². The van der Waals surface area contributed by atoms with Crippen LogP contribution in [0.15, 0.2) is 18.2 Å². The number of hydrogen-bond donors (Lipinski definition) is 2. The van der Waals surface area contributed by atoms with Gasteiger partial charge in [-0.3, -0.25) is 9.59 Å². The van der Waals surface area contributed by atoms with E-state index in [-0.39, 0.29) is 18.4 Å². The lowest BCUT2D eigenvalue weighted by molar-refractivity contribution is -0.121. The van der Waals surface area contributed by atoms with Gasteiger partial charge in [-0.2, -0.15) is 0 Å². The summed E-state index contributed by atoms with van der Waals surface area (Å²) in [6, 6.07) is 4.74. The molecule has 5 nitrogen and oxygen atoms in total. The van der Waals surface area contributed by atoms with Crippen molar-refractivity contribution >= 4 is 29.1 Å². The summed E-state index contributed by atoms with van der Waals surface area (Å²) in [7, 11) is 0. The summed E-state index contributed by atoms with van der Waals surface area (Å²) in [5, 5.41) is 3.03. The number of rotatable bonds is 1. The summed E-state index contributed by atoms with van der Waals surface area (Å²) in [6.07, 6.45) is 0.740. The van der Waals surface area contributed by atoms with Crippen LogP contribution in [-0.2, 0) is 4.79 Å². The number of carbonyl (C=O) groups excluding carboxylic acids is 2. The lowest BCUT2D eigenvalue weighted by Crippen LogP contribution is -2.37. The summed E-state index contributed by atoms with van der Waals surface area (Å²) in [5.41, 5.74) is 6.46. The fraction of sp³-hybridized carbons (Fsp3) is 0.333. The molecule has 0 aliphatic carbocycles. The number of amides is 2. The van der Waals surface area contributed by atoms with E-state index in [1.807, 2.05) is 0 Å². The van der Waals surface area contributed by atoms with Crippen molar-refractivity contribution in [2.24, 2.45) is 0 Å². The molecule has 0 unspecified atom stereocenters. The van der Waals surface area contributed by atoms with Crippen molar-refractivity contribution in [1.29, 1.82) is 0 Å². The monoisotopic (exact) mass is 267 g/mol. The molecular weight excluding hydrogens is 254 g/mol. The van der Waals surface area contributed by atoms with Gasteiger partial charge in [0.1, 0.15) is 0 Å². The Labute approximate surface area is 110 Å². The molecule has 96 valence electrons. The smallest absolute Gasteiger partial charge is 0.255 e. The highest BCUT2D eigenvalue weighted by atomic mass is 35.5. The van der Waals surface area contributed by atoms with Gasteiger partial charge in [0.25, 0.3) is 5.91 Å². The van der Waals surface area contributed by atoms with Gasteiger partial charge < -0.3 is 16.0 Å². The van der Waals surface area contributed by atoms with Crippen molar-refractivity contribution in [3.63, 3.8) is 0 Å². The van der Waals surface area contributed by atoms with Crippen LogP contribution in [0.3, 0.4) is 0 Å². The molecule has 3 N–H and O–H groups in total. The average molecular weight is 268 g/mol. The maximum atomic E-state index is 12.3. The van der Waals surface area contributed by atoms with Gasteiger partial charge in [-0.1, -0.05) is 11.6 Å². The number of carbonyl (C=O) groups is 2. The van der Waals surface area contributed by atoms with E-state index in [9.17, 15) is 9.59 Å². The minimum atomic E-state index is -0.239. The highest BCUT2D eigenvalue weighted by Gasteiger charge is 2.22. The van der Waals surface area contributed by atoms with Crippen molar-refractivity contribution < 1.29 is 9.59 Å². The number of benzene rings is 1. The fourth-order valence-electron chi connectivity index (χ4n) is 1.85. The van der Waals surface area contributed by atoms with Crippen LogP contribution in [0.1, 0.15) is 16.8 Å². The molecule has 1 aliphatic heterocycles. The van der Waals surface area contributed by atoms with Gasteiger partial charge in [0.2, 0.25) is 5.91 Å². The molecule has 1 fully saturated rings. The first-order valence-electron chi connectivity index (χ1n) is 5.69. The second-order valence-corrected chi connectivity index (χ2v) is 4.58. The molecule has 0 atom stereocenters. The van der Waals surface area contributed by atoms with Gasteiger partial charge in [-0.05, 0) is 24.6 Å². The zero-order valence-corrected chi connectivity index (χ0v) is 10.5. The molecule has 2 rings (SSSR count). The van der Waals surface area contributed by atoms with E-state index < -0.39 is 0 Å². The molecule has 1 heterocycles. The van der Waals surface area contributed by atoms with Crippen LogP contribution in [0.4, 0.5) is 5.69 Å². The van der Waals surface area contributed by atoms with E-state index in [1.54, 1.807) is 12.1 Å². The third-order valence-corrected chi connectivity index (χ3v) is 3.08. The SMILES string of the molecule is Nc1ccc(C(=O)N2CCCNC(=O)C2)c(Cl)c1. The summed E-state index contributed by atoms with van der Waals surface area (Å²) >= 11 is 5.99. The minimum absolute atomic E-state index is 0.0690. The van der Waals surface area contributed by atoms with E-state index in [1.165, 1.54) is 11.0 Å². The predicted molar refractivity (Wildman–Crippen MR) is 69.4 cm³/mol. The van der Waals surface area contributed by atoms with Crippen LogP contribution in [0.5, 0.6) is 0 Å². The zero-order valence-electron chi connectivity index (χ0n) is 9.78. The van der Waals surface area contributed by atoms with Gasteiger partial charge in [0, 0.05) is 18.8 Å². The topological polar surface area (TPSA) is 75.4 Å². The summed E-state index contributed by atoms with van der Waals surface area (Å²) in [5.74, 6) is -0.385. The third-order valence-electron chi connectivity index (χ3n) is 2.77. The molecule has 0 aromatic heterocycles. The Hall–Kier alpha value is -1.75. The Kier molecular flexibility index (Phi) is 3.72. The van der Waals surface area contributed by atoms with Crippen molar-refractivity contribution in [2.45, 2.75) is 6.42 Å². The highest BCUT2D eigenvalue weighted by molar-refractivity contribution is 6.34. The molecular formula is C12H14ClN3O2. The van der Waals surface area contributed by atoms with Crippen LogP contribution in [0.25, 0.3) is 0 Å². The fourth-order valence-corrected chi connectivity index (χ4v) is 2.12. The van der Waals surface area contributed by atoms with Gasteiger partial charge >= 0.3 is 0 Å². The Morgan fingerprint density at radius 3 is 2.94 bits per heavy atom. The van der Waals surface area contributed by atoms with Gasteiger partial charge in [-0.15, -0.1) is 0 Å². The third kappa shape index (κ3) is 2.73. The van der Waals surface area contributed by atoms with Crippen LogP contribution in [-0.4, -0.2) is 36.3 Å². The molecule has 1 aromatic rings. The number of anilines is 1. The minimum Gasteiger partial charge on any atom is -0.399 e. The first-order chi connectivity index (χ1) is 8.58. The van der Waals surface area contributed by atoms with E-state index in [4.69, 9.17) is 17.3 Å². The Morgan fingerprint density at radius 1 is 1.44 bits per heavy atom. The van der Waals surface area contributed by atoms with Crippen molar-refractivity contribution in [2.75, 3.05) is 25.4 Å². The summed E-state index contributed by atoms with van der Waals surface area (Å²) in [6.45, 7) is 1.20. The van der Waals surface area contributed by atoms with Gasteiger partial charge in [-0.25, -0.2) is 0 Å². The van der Waals surface area contributed by atoms with Crippen molar-refractivity contribution in [3.05, 3.63) is 28.8 Å². The summed E-state index contributed by atoms with van der Waals surface area (Å²) < 4.78 is 0. The Balaban J connectivity index is 2.21.